The number of ether oxygens (including phenoxy) is 1. The molecule has 1 aromatic rings. The number of carbonyl (C=O) groups is 1. The maximum Gasteiger partial charge on any atom is 0.308 e. The summed E-state index contributed by atoms with van der Waals surface area (Å²) in [5.41, 5.74) is 0.380. The maximum absolute atomic E-state index is 13.1. The van der Waals surface area contributed by atoms with E-state index in [1.54, 1.807) is 6.92 Å². The fraction of sp³-hybridized carbons (Fsp3) is 0.500. The van der Waals surface area contributed by atoms with Crippen LogP contribution in [0.4, 0.5) is 4.39 Å². The van der Waals surface area contributed by atoms with Crippen LogP contribution in [0.2, 0.25) is 0 Å². The highest BCUT2D eigenvalue weighted by atomic mass is 32.2. The number of sulfonamides is 1. The molecule has 0 bridgehead atoms. The number of aryl methyl sites for hydroxylation is 1. The highest BCUT2D eigenvalue weighted by Crippen LogP contribution is 2.26. The molecule has 0 aromatic heterocycles. The molecule has 1 aliphatic rings. The first-order valence-corrected chi connectivity index (χ1v) is 8.14. The summed E-state index contributed by atoms with van der Waals surface area (Å²) in [5, 5.41) is 0. The summed E-state index contributed by atoms with van der Waals surface area (Å²) < 4.78 is 44.2. The average Bonchev–Trinajstić information content (AvgIpc) is 2.46. The van der Waals surface area contributed by atoms with Crippen molar-refractivity contribution in [3.63, 3.8) is 0 Å². The molecular weight excluding hydrogens is 297 g/mol. The van der Waals surface area contributed by atoms with Gasteiger partial charge in [0.25, 0.3) is 0 Å². The standard InChI is InChI=1S/C14H18FNO4S/c1-10-9-12(15)3-4-13(10)21(18,19)16-7-5-11(6-8-16)14(17)20-2/h3-4,9,11H,5-8H2,1-2H3. The van der Waals surface area contributed by atoms with Crippen LogP contribution >= 0.6 is 0 Å². The minimum atomic E-state index is -3.65. The average molecular weight is 315 g/mol. The van der Waals surface area contributed by atoms with E-state index in [4.69, 9.17) is 0 Å². The largest absolute Gasteiger partial charge is 0.469 e. The van der Waals surface area contributed by atoms with E-state index in [1.807, 2.05) is 0 Å². The van der Waals surface area contributed by atoms with Crippen molar-refractivity contribution in [3.8, 4) is 0 Å². The number of carbonyl (C=O) groups excluding carboxylic acids is 1. The molecule has 0 aliphatic carbocycles. The van der Waals surface area contributed by atoms with Crippen molar-refractivity contribution in [2.45, 2.75) is 24.7 Å². The first-order chi connectivity index (χ1) is 9.86. The molecule has 1 saturated heterocycles. The number of esters is 1. The zero-order valence-electron chi connectivity index (χ0n) is 12.0. The molecule has 0 radical (unpaired) electrons. The Kier molecular flexibility index (Phi) is 4.63. The van der Waals surface area contributed by atoms with Crippen molar-refractivity contribution in [1.29, 1.82) is 0 Å². The third-order valence-electron chi connectivity index (χ3n) is 3.74. The molecule has 5 nitrogen and oxygen atoms in total. The van der Waals surface area contributed by atoms with E-state index in [-0.39, 0.29) is 29.9 Å². The van der Waals surface area contributed by atoms with Gasteiger partial charge in [-0.15, -0.1) is 0 Å². The van der Waals surface area contributed by atoms with E-state index < -0.39 is 15.8 Å². The Labute approximate surface area is 123 Å². The summed E-state index contributed by atoms with van der Waals surface area (Å²) in [7, 11) is -2.32. The van der Waals surface area contributed by atoms with Crippen molar-refractivity contribution in [2.75, 3.05) is 20.2 Å². The SMILES string of the molecule is COC(=O)C1CCN(S(=O)(=O)c2ccc(F)cc2C)CC1. The molecule has 0 amide bonds. The van der Waals surface area contributed by atoms with Gasteiger partial charge in [-0.3, -0.25) is 4.79 Å². The monoisotopic (exact) mass is 315 g/mol. The van der Waals surface area contributed by atoms with Crippen LogP contribution in [-0.2, 0) is 19.6 Å². The Hall–Kier alpha value is -1.47. The number of halogens is 1. The fourth-order valence-electron chi connectivity index (χ4n) is 2.54. The highest BCUT2D eigenvalue weighted by molar-refractivity contribution is 7.89. The van der Waals surface area contributed by atoms with Crippen molar-refractivity contribution < 1.29 is 22.3 Å². The lowest BCUT2D eigenvalue weighted by molar-refractivity contribution is -0.146. The lowest BCUT2D eigenvalue weighted by atomic mass is 9.99. The normalized spacial score (nSPS) is 17.7. The highest BCUT2D eigenvalue weighted by Gasteiger charge is 2.33. The summed E-state index contributed by atoms with van der Waals surface area (Å²) in [5.74, 6) is -1.02. The van der Waals surface area contributed by atoms with Gasteiger partial charge < -0.3 is 4.74 Å². The summed E-state index contributed by atoms with van der Waals surface area (Å²) >= 11 is 0. The minimum Gasteiger partial charge on any atom is -0.469 e. The second-order valence-corrected chi connectivity index (χ2v) is 7.02. The first-order valence-electron chi connectivity index (χ1n) is 6.70. The third-order valence-corrected chi connectivity index (χ3v) is 5.80. The summed E-state index contributed by atoms with van der Waals surface area (Å²) in [6, 6.07) is 3.63. The first kappa shape index (κ1) is 15.9. The predicted molar refractivity (Wildman–Crippen MR) is 74.6 cm³/mol. The molecule has 0 spiro atoms. The van der Waals surface area contributed by atoms with E-state index in [0.29, 0.717) is 18.4 Å². The van der Waals surface area contributed by atoms with Crippen LogP contribution in [0.15, 0.2) is 23.1 Å². The minimum absolute atomic E-state index is 0.111. The molecule has 0 atom stereocenters. The van der Waals surface area contributed by atoms with E-state index >= 15 is 0 Å². The predicted octanol–water partition coefficient (Wildman–Crippen LogP) is 1.71. The van der Waals surface area contributed by atoms with E-state index in [1.165, 1.54) is 23.5 Å². The lowest BCUT2D eigenvalue weighted by Crippen LogP contribution is -2.40. The molecule has 2 rings (SSSR count). The fourth-order valence-corrected chi connectivity index (χ4v) is 4.22. The molecule has 1 aromatic carbocycles. The van der Waals surface area contributed by atoms with Gasteiger partial charge in [-0.25, -0.2) is 12.8 Å². The third kappa shape index (κ3) is 3.24. The summed E-state index contributed by atoms with van der Waals surface area (Å²) in [6.07, 6.45) is 0.873. The van der Waals surface area contributed by atoms with Gasteiger partial charge in [0.05, 0.1) is 17.9 Å². The molecule has 0 unspecified atom stereocenters. The van der Waals surface area contributed by atoms with Crippen LogP contribution in [0.1, 0.15) is 18.4 Å². The molecule has 1 heterocycles. The zero-order valence-corrected chi connectivity index (χ0v) is 12.8. The van der Waals surface area contributed by atoms with E-state index in [0.717, 1.165) is 6.07 Å². The van der Waals surface area contributed by atoms with Crippen LogP contribution in [0.3, 0.4) is 0 Å². The van der Waals surface area contributed by atoms with Gasteiger partial charge in [-0.2, -0.15) is 4.31 Å². The molecule has 0 saturated carbocycles. The van der Waals surface area contributed by atoms with Crippen LogP contribution in [-0.4, -0.2) is 38.9 Å². The molecule has 0 N–H and O–H groups in total. The van der Waals surface area contributed by atoms with Crippen molar-refractivity contribution in [2.24, 2.45) is 5.92 Å². The van der Waals surface area contributed by atoms with Gasteiger partial charge in [0, 0.05) is 13.1 Å². The Balaban J connectivity index is 2.17. The number of nitrogens with zero attached hydrogens (tertiary/aromatic N) is 1. The van der Waals surface area contributed by atoms with Gasteiger partial charge in [-0.1, -0.05) is 0 Å². The van der Waals surface area contributed by atoms with E-state index in [2.05, 4.69) is 4.74 Å². The molecular formula is C14H18FNO4S. The second kappa shape index (κ2) is 6.11. The van der Waals surface area contributed by atoms with Crippen LogP contribution in [0.25, 0.3) is 0 Å². The number of hydrogen-bond donors (Lipinski definition) is 0. The number of benzene rings is 1. The Morgan fingerprint density at radius 2 is 1.95 bits per heavy atom. The van der Waals surface area contributed by atoms with Crippen molar-refractivity contribution in [3.05, 3.63) is 29.6 Å². The van der Waals surface area contributed by atoms with Crippen LogP contribution in [0.5, 0.6) is 0 Å². The number of piperidine rings is 1. The Bertz CT molecular complexity index is 636. The molecule has 116 valence electrons. The number of methoxy groups -OCH3 is 1. The Morgan fingerprint density at radius 3 is 2.48 bits per heavy atom. The molecule has 1 fully saturated rings. The van der Waals surface area contributed by atoms with Gasteiger partial charge in [0.1, 0.15) is 5.82 Å². The van der Waals surface area contributed by atoms with Gasteiger partial charge >= 0.3 is 5.97 Å². The maximum atomic E-state index is 13.1. The Morgan fingerprint density at radius 1 is 1.33 bits per heavy atom. The summed E-state index contributed by atoms with van der Waals surface area (Å²) in [4.78, 5) is 11.6. The molecule has 7 heteroatoms. The van der Waals surface area contributed by atoms with Crippen LogP contribution < -0.4 is 0 Å². The van der Waals surface area contributed by atoms with E-state index in [9.17, 15) is 17.6 Å². The lowest BCUT2D eigenvalue weighted by Gasteiger charge is -2.30. The topological polar surface area (TPSA) is 63.7 Å². The van der Waals surface area contributed by atoms with Gasteiger partial charge in [-0.05, 0) is 43.5 Å². The van der Waals surface area contributed by atoms with Gasteiger partial charge in [0.2, 0.25) is 10.0 Å². The number of hydrogen-bond acceptors (Lipinski definition) is 4. The zero-order chi connectivity index (χ0) is 15.6. The quantitative estimate of drug-likeness (QED) is 0.797. The summed E-state index contributed by atoms with van der Waals surface area (Å²) in [6.45, 7) is 2.09. The smallest absolute Gasteiger partial charge is 0.308 e. The second-order valence-electron chi connectivity index (χ2n) is 5.11. The molecule has 1 aliphatic heterocycles. The van der Waals surface area contributed by atoms with Gasteiger partial charge in [0.15, 0.2) is 0 Å². The van der Waals surface area contributed by atoms with Crippen molar-refractivity contribution >= 4 is 16.0 Å². The molecule has 21 heavy (non-hydrogen) atoms. The number of rotatable bonds is 3. The van der Waals surface area contributed by atoms with Crippen molar-refractivity contribution in [1.82, 2.24) is 4.31 Å². The van der Waals surface area contributed by atoms with Crippen LogP contribution in [0, 0.1) is 18.7 Å².